The molecule has 4 aromatic rings. The van der Waals surface area contributed by atoms with Crippen molar-refractivity contribution in [1.82, 2.24) is 9.97 Å². The van der Waals surface area contributed by atoms with Gasteiger partial charge in [-0.05, 0) is 47.5 Å². The second-order valence-corrected chi connectivity index (χ2v) is 9.06. The number of H-pyrrole nitrogens is 1. The maximum Gasteiger partial charge on any atom is 0.416 e. The normalized spacial score (nSPS) is 12.6. The van der Waals surface area contributed by atoms with E-state index >= 15 is 0 Å². The number of sulfone groups is 1. The molecule has 158 valence electrons. The summed E-state index contributed by atoms with van der Waals surface area (Å²) in [5.74, 6) is 0.531. The lowest BCUT2D eigenvalue weighted by Gasteiger charge is -2.07. The summed E-state index contributed by atoms with van der Waals surface area (Å²) in [4.78, 5) is 7.86. The van der Waals surface area contributed by atoms with Crippen molar-refractivity contribution in [3.05, 3.63) is 83.7 Å². The van der Waals surface area contributed by atoms with Gasteiger partial charge in [-0.25, -0.2) is 13.4 Å². The Kier molecular flexibility index (Phi) is 5.18. The lowest BCUT2D eigenvalue weighted by molar-refractivity contribution is -0.137. The number of hydrogen-bond acceptors (Lipinski definition) is 3. The Labute approximate surface area is 177 Å². The summed E-state index contributed by atoms with van der Waals surface area (Å²) in [7, 11) is -3.39. The molecule has 0 saturated carbocycles. The lowest BCUT2D eigenvalue weighted by atomic mass is 10.1. The molecule has 0 unspecified atom stereocenters. The monoisotopic (exact) mass is 442 g/mol. The van der Waals surface area contributed by atoms with E-state index in [1.165, 1.54) is 18.4 Å². The van der Waals surface area contributed by atoms with Gasteiger partial charge in [0.2, 0.25) is 0 Å². The number of imidazole rings is 1. The molecule has 0 spiro atoms. The van der Waals surface area contributed by atoms with E-state index in [2.05, 4.69) is 9.97 Å². The molecule has 4 nitrogen and oxygen atoms in total. The Balaban J connectivity index is 1.64. The number of rotatable bonds is 4. The van der Waals surface area contributed by atoms with Gasteiger partial charge in [0.15, 0.2) is 9.84 Å². The molecule has 0 atom stereocenters. The molecule has 1 aromatic heterocycles. The zero-order valence-electron chi connectivity index (χ0n) is 16.3. The number of halogens is 3. The molecule has 0 radical (unpaired) electrons. The van der Waals surface area contributed by atoms with Gasteiger partial charge in [0.05, 0.1) is 21.5 Å². The van der Waals surface area contributed by atoms with Crippen LogP contribution >= 0.6 is 0 Å². The standard InChI is InChI=1S/C23H17F3N2O2S/c1-31(29,30)21-5-3-2-4-18(21)16-9-12-19-20(14-16)28-22(27-19)13-8-15-6-10-17(11-7-15)23(24,25)26/h2-14H,1H3,(H,27,28). The highest BCUT2D eigenvalue weighted by Gasteiger charge is 2.29. The van der Waals surface area contributed by atoms with Crippen LogP contribution in [-0.4, -0.2) is 24.6 Å². The van der Waals surface area contributed by atoms with Crippen LogP contribution in [0.2, 0.25) is 0 Å². The van der Waals surface area contributed by atoms with E-state index in [1.807, 2.05) is 12.1 Å². The van der Waals surface area contributed by atoms with Crippen molar-refractivity contribution in [3.63, 3.8) is 0 Å². The van der Waals surface area contributed by atoms with Crippen molar-refractivity contribution < 1.29 is 21.6 Å². The van der Waals surface area contributed by atoms with Gasteiger partial charge in [-0.2, -0.15) is 13.2 Å². The molecule has 8 heteroatoms. The van der Waals surface area contributed by atoms with Crippen LogP contribution in [0.3, 0.4) is 0 Å². The minimum atomic E-state index is -4.37. The van der Waals surface area contributed by atoms with Crippen LogP contribution in [0.4, 0.5) is 13.2 Å². The summed E-state index contributed by atoms with van der Waals surface area (Å²) >= 11 is 0. The van der Waals surface area contributed by atoms with Gasteiger partial charge in [-0.1, -0.05) is 42.5 Å². The highest BCUT2D eigenvalue weighted by molar-refractivity contribution is 7.90. The Bertz CT molecular complexity index is 1390. The summed E-state index contributed by atoms with van der Waals surface area (Å²) in [6, 6.07) is 17.0. The molecule has 0 aliphatic rings. The highest BCUT2D eigenvalue weighted by Crippen LogP contribution is 2.30. The van der Waals surface area contributed by atoms with E-state index in [-0.39, 0.29) is 4.90 Å². The van der Waals surface area contributed by atoms with Crippen LogP contribution in [0, 0.1) is 0 Å². The zero-order valence-corrected chi connectivity index (χ0v) is 17.1. The molecule has 4 rings (SSSR count). The fourth-order valence-electron chi connectivity index (χ4n) is 3.26. The molecule has 1 N–H and O–H groups in total. The molecule has 31 heavy (non-hydrogen) atoms. The Morgan fingerprint density at radius 1 is 0.935 bits per heavy atom. The van der Waals surface area contributed by atoms with E-state index in [4.69, 9.17) is 0 Å². The lowest BCUT2D eigenvalue weighted by Crippen LogP contribution is -2.03. The smallest absolute Gasteiger partial charge is 0.338 e. The summed E-state index contributed by atoms with van der Waals surface area (Å²) in [6.07, 6.45) is 0.141. The van der Waals surface area contributed by atoms with Crippen LogP contribution < -0.4 is 0 Å². The molecule has 0 amide bonds. The topological polar surface area (TPSA) is 62.8 Å². The van der Waals surface area contributed by atoms with E-state index in [1.54, 1.807) is 42.5 Å². The van der Waals surface area contributed by atoms with Crippen LogP contribution in [0.25, 0.3) is 34.3 Å². The maximum absolute atomic E-state index is 12.7. The van der Waals surface area contributed by atoms with Crippen molar-refractivity contribution in [2.24, 2.45) is 0 Å². The quantitative estimate of drug-likeness (QED) is 0.433. The second kappa shape index (κ2) is 7.70. The van der Waals surface area contributed by atoms with Crippen molar-refractivity contribution >= 4 is 33.0 Å². The number of nitrogens with zero attached hydrogens (tertiary/aromatic N) is 1. The fourth-order valence-corrected chi connectivity index (χ4v) is 4.17. The fraction of sp³-hybridized carbons (Fsp3) is 0.0870. The maximum atomic E-state index is 12.7. The average molecular weight is 442 g/mol. The number of benzene rings is 3. The Morgan fingerprint density at radius 2 is 1.65 bits per heavy atom. The van der Waals surface area contributed by atoms with Gasteiger partial charge in [0.1, 0.15) is 5.82 Å². The van der Waals surface area contributed by atoms with Gasteiger partial charge in [0.25, 0.3) is 0 Å². The van der Waals surface area contributed by atoms with E-state index in [9.17, 15) is 21.6 Å². The minimum absolute atomic E-state index is 0.243. The first kappa shape index (κ1) is 20.9. The summed E-state index contributed by atoms with van der Waals surface area (Å²) < 4.78 is 62.2. The molecular formula is C23H17F3N2O2S. The van der Waals surface area contributed by atoms with E-state index in [0.29, 0.717) is 22.5 Å². The predicted molar refractivity (Wildman–Crippen MR) is 115 cm³/mol. The van der Waals surface area contributed by atoms with Crippen molar-refractivity contribution in [3.8, 4) is 11.1 Å². The van der Waals surface area contributed by atoms with Gasteiger partial charge < -0.3 is 4.98 Å². The third kappa shape index (κ3) is 4.54. The Morgan fingerprint density at radius 3 is 2.32 bits per heavy atom. The molecule has 1 heterocycles. The SMILES string of the molecule is CS(=O)(=O)c1ccccc1-c1ccc2[nH]c(C=Cc3ccc(C(F)(F)F)cc3)nc2c1. The van der Waals surface area contributed by atoms with Crippen molar-refractivity contribution in [2.75, 3.05) is 6.26 Å². The third-order valence-electron chi connectivity index (χ3n) is 4.77. The molecule has 0 saturated heterocycles. The largest absolute Gasteiger partial charge is 0.416 e. The summed E-state index contributed by atoms with van der Waals surface area (Å²) in [5, 5.41) is 0. The molecular weight excluding hydrogens is 425 g/mol. The number of hydrogen-bond donors (Lipinski definition) is 1. The first-order valence-electron chi connectivity index (χ1n) is 9.26. The van der Waals surface area contributed by atoms with Crippen LogP contribution in [0.5, 0.6) is 0 Å². The number of nitrogens with one attached hydrogen (secondary N) is 1. The first-order chi connectivity index (χ1) is 14.6. The number of aromatic amines is 1. The van der Waals surface area contributed by atoms with E-state index < -0.39 is 21.6 Å². The third-order valence-corrected chi connectivity index (χ3v) is 5.93. The van der Waals surface area contributed by atoms with Crippen LogP contribution in [-0.2, 0) is 16.0 Å². The molecule has 0 aliphatic heterocycles. The number of alkyl halides is 3. The zero-order chi connectivity index (χ0) is 22.2. The van der Waals surface area contributed by atoms with Crippen LogP contribution in [0.15, 0.2) is 71.6 Å². The molecule has 0 bridgehead atoms. The highest BCUT2D eigenvalue weighted by atomic mass is 32.2. The minimum Gasteiger partial charge on any atom is -0.338 e. The van der Waals surface area contributed by atoms with Gasteiger partial charge >= 0.3 is 6.18 Å². The molecule has 0 aliphatic carbocycles. The second-order valence-electron chi connectivity index (χ2n) is 7.08. The van der Waals surface area contributed by atoms with Gasteiger partial charge in [-0.3, -0.25) is 0 Å². The molecule has 0 fully saturated rings. The van der Waals surface area contributed by atoms with Crippen LogP contribution in [0.1, 0.15) is 17.0 Å². The van der Waals surface area contributed by atoms with Crippen molar-refractivity contribution in [1.29, 1.82) is 0 Å². The summed E-state index contributed by atoms with van der Waals surface area (Å²) in [6.45, 7) is 0. The number of aromatic nitrogens is 2. The summed E-state index contributed by atoms with van der Waals surface area (Å²) in [5.41, 5.74) is 2.63. The average Bonchev–Trinajstić information content (AvgIpc) is 3.13. The van der Waals surface area contributed by atoms with Gasteiger partial charge in [-0.15, -0.1) is 0 Å². The van der Waals surface area contributed by atoms with Gasteiger partial charge in [0, 0.05) is 11.8 Å². The molecule has 3 aromatic carbocycles. The van der Waals surface area contributed by atoms with Crippen molar-refractivity contribution in [2.45, 2.75) is 11.1 Å². The number of fused-ring (bicyclic) bond motifs is 1. The predicted octanol–water partition coefficient (Wildman–Crippen LogP) is 5.82. The first-order valence-corrected chi connectivity index (χ1v) is 11.1. The Hall–Kier alpha value is -3.39. The van der Waals surface area contributed by atoms with E-state index in [0.717, 1.165) is 23.2 Å².